The van der Waals surface area contributed by atoms with Gasteiger partial charge in [-0.3, -0.25) is 4.79 Å². The molecule has 1 N–H and O–H groups in total. The van der Waals surface area contributed by atoms with Gasteiger partial charge in [-0.25, -0.2) is 0 Å². The van der Waals surface area contributed by atoms with Crippen molar-refractivity contribution in [1.29, 1.82) is 0 Å². The van der Waals surface area contributed by atoms with Crippen LogP contribution in [0.1, 0.15) is 32.6 Å². The molecular weight excluding hydrogens is 178 g/mol. The van der Waals surface area contributed by atoms with Crippen molar-refractivity contribution >= 4 is 5.91 Å². The SMILES string of the molecule is CC(C(=O)N1CCCC1CO)C1CC1. The van der Waals surface area contributed by atoms with Crippen molar-refractivity contribution in [3.8, 4) is 0 Å². The van der Waals surface area contributed by atoms with Gasteiger partial charge in [-0.1, -0.05) is 6.92 Å². The molecule has 2 atom stereocenters. The quantitative estimate of drug-likeness (QED) is 0.733. The van der Waals surface area contributed by atoms with Crippen LogP contribution in [0.15, 0.2) is 0 Å². The van der Waals surface area contributed by atoms with E-state index < -0.39 is 0 Å². The molecular formula is C11H19NO2. The molecule has 2 aliphatic rings. The van der Waals surface area contributed by atoms with E-state index in [9.17, 15) is 4.79 Å². The molecule has 1 saturated heterocycles. The predicted molar refractivity (Wildman–Crippen MR) is 53.7 cm³/mol. The Balaban J connectivity index is 1.95. The number of aliphatic hydroxyl groups excluding tert-OH is 1. The number of likely N-dealkylation sites (tertiary alicyclic amines) is 1. The molecule has 3 heteroatoms. The van der Waals surface area contributed by atoms with E-state index in [2.05, 4.69) is 0 Å². The minimum Gasteiger partial charge on any atom is -0.394 e. The van der Waals surface area contributed by atoms with Crippen LogP contribution in [0.3, 0.4) is 0 Å². The second-order valence-corrected chi connectivity index (χ2v) is 4.64. The Morgan fingerprint density at radius 2 is 2.21 bits per heavy atom. The summed E-state index contributed by atoms with van der Waals surface area (Å²) >= 11 is 0. The highest BCUT2D eigenvalue weighted by Gasteiger charge is 2.38. The summed E-state index contributed by atoms with van der Waals surface area (Å²) in [5.41, 5.74) is 0. The van der Waals surface area contributed by atoms with Crippen molar-refractivity contribution in [2.45, 2.75) is 38.6 Å². The number of rotatable bonds is 3. The minimum absolute atomic E-state index is 0.101. The van der Waals surface area contributed by atoms with E-state index in [0.717, 1.165) is 19.4 Å². The average molecular weight is 197 g/mol. The van der Waals surface area contributed by atoms with Gasteiger partial charge < -0.3 is 10.0 Å². The topological polar surface area (TPSA) is 40.5 Å². The summed E-state index contributed by atoms with van der Waals surface area (Å²) in [5, 5.41) is 9.13. The van der Waals surface area contributed by atoms with Crippen molar-refractivity contribution in [3.63, 3.8) is 0 Å². The molecule has 3 nitrogen and oxygen atoms in total. The van der Waals surface area contributed by atoms with Crippen molar-refractivity contribution in [2.24, 2.45) is 11.8 Å². The number of hydrogen-bond donors (Lipinski definition) is 1. The van der Waals surface area contributed by atoms with Crippen LogP contribution in [0.5, 0.6) is 0 Å². The second-order valence-electron chi connectivity index (χ2n) is 4.64. The minimum atomic E-state index is 0.101. The largest absolute Gasteiger partial charge is 0.394 e. The smallest absolute Gasteiger partial charge is 0.226 e. The fourth-order valence-corrected chi connectivity index (χ4v) is 2.38. The van der Waals surface area contributed by atoms with E-state index in [1.54, 1.807) is 0 Å². The van der Waals surface area contributed by atoms with Crippen LogP contribution in [0, 0.1) is 11.8 Å². The van der Waals surface area contributed by atoms with E-state index >= 15 is 0 Å². The summed E-state index contributed by atoms with van der Waals surface area (Å²) in [5.74, 6) is 1.08. The summed E-state index contributed by atoms with van der Waals surface area (Å²) in [4.78, 5) is 13.9. The zero-order chi connectivity index (χ0) is 10.1. The molecule has 0 bridgehead atoms. The third-order valence-corrected chi connectivity index (χ3v) is 3.59. The van der Waals surface area contributed by atoms with Crippen LogP contribution in [0.25, 0.3) is 0 Å². The summed E-state index contributed by atoms with van der Waals surface area (Å²) in [7, 11) is 0. The molecule has 0 spiro atoms. The second kappa shape index (κ2) is 3.89. The molecule has 1 aliphatic heterocycles. The number of carbonyl (C=O) groups excluding carboxylic acids is 1. The maximum atomic E-state index is 12.0. The van der Waals surface area contributed by atoms with Gasteiger partial charge in [0.25, 0.3) is 0 Å². The first-order valence-corrected chi connectivity index (χ1v) is 5.65. The van der Waals surface area contributed by atoms with Crippen molar-refractivity contribution < 1.29 is 9.90 Å². The van der Waals surface area contributed by atoms with Crippen LogP contribution in [-0.4, -0.2) is 35.1 Å². The first kappa shape index (κ1) is 9.97. The first-order valence-electron chi connectivity index (χ1n) is 5.65. The molecule has 0 aromatic carbocycles. The average Bonchev–Trinajstić information content (AvgIpc) is 2.94. The van der Waals surface area contributed by atoms with Gasteiger partial charge >= 0.3 is 0 Å². The molecule has 14 heavy (non-hydrogen) atoms. The maximum absolute atomic E-state index is 12.0. The Morgan fingerprint density at radius 1 is 1.50 bits per heavy atom. The predicted octanol–water partition coefficient (Wildman–Crippen LogP) is 1.02. The fourth-order valence-electron chi connectivity index (χ4n) is 2.38. The van der Waals surface area contributed by atoms with Crippen LogP contribution >= 0.6 is 0 Å². The molecule has 2 unspecified atom stereocenters. The van der Waals surface area contributed by atoms with E-state index in [-0.39, 0.29) is 24.5 Å². The van der Waals surface area contributed by atoms with Crippen molar-refractivity contribution in [3.05, 3.63) is 0 Å². The Bertz CT molecular complexity index is 225. The monoisotopic (exact) mass is 197 g/mol. The van der Waals surface area contributed by atoms with Crippen molar-refractivity contribution in [1.82, 2.24) is 4.90 Å². The third-order valence-electron chi connectivity index (χ3n) is 3.59. The Morgan fingerprint density at radius 3 is 2.79 bits per heavy atom. The van der Waals surface area contributed by atoms with E-state index in [0.29, 0.717) is 5.92 Å². The van der Waals surface area contributed by atoms with E-state index in [1.807, 2.05) is 11.8 Å². The lowest BCUT2D eigenvalue weighted by Gasteiger charge is -2.26. The molecule has 2 fully saturated rings. The zero-order valence-electron chi connectivity index (χ0n) is 8.78. The number of nitrogens with zero attached hydrogens (tertiary/aromatic N) is 1. The lowest BCUT2D eigenvalue weighted by Crippen LogP contribution is -2.41. The normalized spacial score (nSPS) is 29.3. The van der Waals surface area contributed by atoms with Crippen LogP contribution in [-0.2, 0) is 4.79 Å². The molecule has 0 radical (unpaired) electrons. The highest BCUT2D eigenvalue weighted by molar-refractivity contribution is 5.79. The summed E-state index contributed by atoms with van der Waals surface area (Å²) < 4.78 is 0. The Labute approximate surface area is 85.1 Å². The molecule has 1 aliphatic carbocycles. The van der Waals surface area contributed by atoms with Crippen LogP contribution in [0.4, 0.5) is 0 Å². The van der Waals surface area contributed by atoms with Gasteiger partial charge in [0.1, 0.15) is 0 Å². The zero-order valence-corrected chi connectivity index (χ0v) is 8.78. The van der Waals surface area contributed by atoms with Gasteiger partial charge in [-0.15, -0.1) is 0 Å². The molecule has 1 heterocycles. The molecule has 1 saturated carbocycles. The van der Waals surface area contributed by atoms with Gasteiger partial charge in [0.05, 0.1) is 12.6 Å². The lowest BCUT2D eigenvalue weighted by atomic mass is 10.0. The number of aliphatic hydroxyl groups is 1. The van der Waals surface area contributed by atoms with Crippen molar-refractivity contribution in [2.75, 3.05) is 13.2 Å². The summed E-state index contributed by atoms with van der Waals surface area (Å²) in [6, 6.07) is 0.101. The molecule has 80 valence electrons. The maximum Gasteiger partial charge on any atom is 0.226 e. The van der Waals surface area contributed by atoms with Gasteiger partial charge in [-0.05, 0) is 31.6 Å². The van der Waals surface area contributed by atoms with Gasteiger partial charge in [0.2, 0.25) is 5.91 Å². The highest BCUT2D eigenvalue weighted by atomic mass is 16.3. The fraction of sp³-hybridized carbons (Fsp3) is 0.909. The molecule has 1 amide bonds. The van der Waals surface area contributed by atoms with Gasteiger partial charge in [0.15, 0.2) is 0 Å². The van der Waals surface area contributed by atoms with E-state index in [1.165, 1.54) is 12.8 Å². The summed E-state index contributed by atoms with van der Waals surface area (Å²) in [6.07, 6.45) is 4.45. The van der Waals surface area contributed by atoms with Crippen LogP contribution < -0.4 is 0 Å². The first-order chi connectivity index (χ1) is 6.74. The number of amides is 1. The highest BCUT2D eigenvalue weighted by Crippen LogP contribution is 2.38. The van der Waals surface area contributed by atoms with E-state index in [4.69, 9.17) is 5.11 Å². The summed E-state index contributed by atoms with van der Waals surface area (Å²) in [6.45, 7) is 3.01. The van der Waals surface area contributed by atoms with Gasteiger partial charge in [-0.2, -0.15) is 0 Å². The lowest BCUT2D eigenvalue weighted by molar-refractivity contribution is -0.137. The Hall–Kier alpha value is -0.570. The number of carbonyl (C=O) groups is 1. The molecule has 0 aromatic heterocycles. The van der Waals surface area contributed by atoms with Gasteiger partial charge in [0, 0.05) is 12.5 Å². The molecule has 0 aromatic rings. The molecule has 2 rings (SSSR count). The standard InChI is InChI=1S/C11H19NO2/c1-8(9-4-5-9)11(14)12-6-2-3-10(12)7-13/h8-10,13H,2-7H2,1H3. The van der Waals surface area contributed by atoms with Crippen LogP contribution in [0.2, 0.25) is 0 Å². The third kappa shape index (κ3) is 1.78. The number of hydrogen-bond acceptors (Lipinski definition) is 2. The Kier molecular flexibility index (Phi) is 2.77.